The van der Waals surface area contributed by atoms with Crippen LogP contribution in [0.2, 0.25) is 0 Å². The average Bonchev–Trinajstić information content (AvgIpc) is 2.59. The van der Waals surface area contributed by atoms with Gasteiger partial charge in [0.2, 0.25) is 0 Å². The van der Waals surface area contributed by atoms with Gasteiger partial charge in [-0.1, -0.05) is 0 Å². The molecule has 0 atom stereocenters. The Balaban J connectivity index is 2.99. The number of methoxy groups -OCH3 is 1. The van der Waals surface area contributed by atoms with E-state index in [0.29, 0.717) is 4.88 Å². The Bertz CT molecular complexity index is 382. The van der Waals surface area contributed by atoms with Crippen molar-refractivity contribution >= 4 is 35.7 Å². The van der Waals surface area contributed by atoms with Gasteiger partial charge in [-0.2, -0.15) is 12.6 Å². The van der Waals surface area contributed by atoms with Crippen molar-refractivity contribution in [1.82, 2.24) is 0 Å². The number of ether oxygens (including phenoxy) is 1. The zero-order valence-electron chi connectivity index (χ0n) is 8.57. The predicted molar refractivity (Wildman–Crippen MR) is 63.0 cm³/mol. The van der Waals surface area contributed by atoms with E-state index in [1.54, 1.807) is 0 Å². The molecule has 0 aromatic carbocycles. The lowest BCUT2D eigenvalue weighted by Crippen LogP contribution is -2.09. The minimum Gasteiger partial charge on any atom is -0.465 e. The van der Waals surface area contributed by atoms with Gasteiger partial charge >= 0.3 is 5.97 Å². The highest BCUT2D eigenvalue weighted by Gasteiger charge is 2.18. The summed E-state index contributed by atoms with van der Waals surface area (Å²) in [7, 11) is 1.33. The first kappa shape index (κ1) is 12.3. The molecule has 5 heteroatoms. The summed E-state index contributed by atoms with van der Waals surface area (Å²) in [5.74, 6) is -0.185. The highest BCUT2D eigenvalue weighted by Crippen LogP contribution is 2.23. The van der Waals surface area contributed by atoms with Crippen molar-refractivity contribution in [3.8, 4) is 0 Å². The van der Waals surface area contributed by atoms with Gasteiger partial charge < -0.3 is 4.74 Å². The van der Waals surface area contributed by atoms with Crippen LogP contribution in [0, 0.1) is 6.92 Å². The summed E-state index contributed by atoms with van der Waals surface area (Å²) in [6.45, 7) is 1.88. The summed E-state index contributed by atoms with van der Waals surface area (Å²) in [6.07, 6.45) is 0.253. The van der Waals surface area contributed by atoms with Crippen LogP contribution in [0.4, 0.5) is 0 Å². The summed E-state index contributed by atoms with van der Waals surface area (Å²) in [6, 6.07) is 0. The van der Waals surface area contributed by atoms with Crippen molar-refractivity contribution in [2.24, 2.45) is 0 Å². The molecule has 0 fully saturated rings. The van der Waals surface area contributed by atoms with Gasteiger partial charge in [-0.25, -0.2) is 4.79 Å². The average molecular weight is 244 g/mol. The number of hydrogen-bond acceptors (Lipinski definition) is 5. The lowest BCUT2D eigenvalue weighted by molar-refractivity contribution is -0.115. The Hall–Kier alpha value is -0.810. The molecule has 0 bridgehead atoms. The highest BCUT2D eigenvalue weighted by atomic mass is 32.1. The summed E-state index contributed by atoms with van der Waals surface area (Å²) >= 11 is 5.22. The van der Waals surface area contributed by atoms with Crippen LogP contribution in [0.5, 0.6) is 0 Å². The number of ketones is 1. The maximum absolute atomic E-state index is 11.4. The number of esters is 1. The monoisotopic (exact) mass is 244 g/mol. The minimum atomic E-state index is -0.380. The third kappa shape index (κ3) is 2.82. The predicted octanol–water partition coefficient (Wildman–Crippen LogP) is 1.88. The van der Waals surface area contributed by atoms with Gasteiger partial charge in [-0.15, -0.1) is 11.3 Å². The van der Waals surface area contributed by atoms with Gasteiger partial charge in [0.15, 0.2) is 0 Å². The van der Waals surface area contributed by atoms with Gasteiger partial charge in [0, 0.05) is 12.2 Å². The quantitative estimate of drug-likeness (QED) is 0.649. The van der Waals surface area contributed by atoms with E-state index in [9.17, 15) is 9.59 Å². The number of aryl methyl sites for hydroxylation is 1. The van der Waals surface area contributed by atoms with Gasteiger partial charge in [-0.3, -0.25) is 4.79 Å². The van der Waals surface area contributed by atoms with Gasteiger partial charge in [0.25, 0.3) is 0 Å². The number of carbonyl (C=O) groups excluding carboxylic acids is 2. The van der Waals surface area contributed by atoms with E-state index < -0.39 is 0 Å². The first-order valence-electron chi connectivity index (χ1n) is 4.38. The number of Topliss-reactive ketones (excluding diaryl/α,β-unsaturated/α-hetero) is 1. The Morgan fingerprint density at radius 2 is 2.20 bits per heavy atom. The van der Waals surface area contributed by atoms with Gasteiger partial charge in [0.1, 0.15) is 10.7 Å². The second kappa shape index (κ2) is 5.32. The minimum absolute atomic E-state index is 0.00462. The molecule has 3 nitrogen and oxygen atoms in total. The molecule has 0 saturated carbocycles. The van der Waals surface area contributed by atoms with Crippen LogP contribution in [0.25, 0.3) is 0 Å². The Kier molecular flexibility index (Phi) is 4.35. The summed E-state index contributed by atoms with van der Waals surface area (Å²) in [5, 5.41) is 1.85. The van der Waals surface area contributed by atoms with Crippen LogP contribution in [0.3, 0.4) is 0 Å². The zero-order chi connectivity index (χ0) is 11.4. The van der Waals surface area contributed by atoms with Crippen molar-refractivity contribution in [3.63, 3.8) is 0 Å². The Labute approximate surface area is 97.9 Å². The molecule has 1 heterocycles. The molecule has 0 amide bonds. The molecule has 0 unspecified atom stereocenters. The maximum Gasteiger partial charge on any atom is 0.348 e. The van der Waals surface area contributed by atoms with Crippen LogP contribution < -0.4 is 0 Å². The number of hydrogen-bond donors (Lipinski definition) is 1. The molecular weight excluding hydrogens is 232 g/mol. The molecule has 1 aromatic rings. The fourth-order valence-electron chi connectivity index (χ4n) is 1.21. The van der Waals surface area contributed by atoms with E-state index in [1.165, 1.54) is 18.4 Å². The van der Waals surface area contributed by atoms with Crippen LogP contribution in [-0.2, 0) is 16.0 Å². The van der Waals surface area contributed by atoms with Crippen molar-refractivity contribution in [2.45, 2.75) is 13.3 Å². The van der Waals surface area contributed by atoms with Crippen molar-refractivity contribution in [2.75, 3.05) is 12.9 Å². The topological polar surface area (TPSA) is 43.4 Å². The molecule has 1 rings (SSSR count). The molecule has 0 aliphatic carbocycles. The van der Waals surface area contributed by atoms with Crippen molar-refractivity contribution in [1.29, 1.82) is 0 Å². The van der Waals surface area contributed by atoms with E-state index in [4.69, 9.17) is 0 Å². The molecule has 15 heavy (non-hydrogen) atoms. The molecule has 0 saturated heterocycles. The van der Waals surface area contributed by atoms with E-state index in [-0.39, 0.29) is 23.9 Å². The van der Waals surface area contributed by atoms with E-state index in [0.717, 1.165) is 11.1 Å². The highest BCUT2D eigenvalue weighted by molar-refractivity contribution is 7.81. The van der Waals surface area contributed by atoms with Crippen LogP contribution in [-0.4, -0.2) is 24.6 Å². The smallest absolute Gasteiger partial charge is 0.348 e. The van der Waals surface area contributed by atoms with E-state index >= 15 is 0 Å². The second-order valence-electron chi connectivity index (χ2n) is 3.09. The van der Waals surface area contributed by atoms with Crippen LogP contribution in [0.1, 0.15) is 20.8 Å². The molecule has 1 aromatic heterocycles. The molecule has 0 N–H and O–H groups in total. The van der Waals surface area contributed by atoms with Crippen molar-refractivity contribution < 1.29 is 14.3 Å². The van der Waals surface area contributed by atoms with E-state index in [1.807, 2.05) is 12.3 Å². The summed E-state index contributed by atoms with van der Waals surface area (Å²) in [4.78, 5) is 23.2. The molecule has 0 aliphatic heterocycles. The second-order valence-corrected chi connectivity index (χ2v) is 4.29. The number of thiophene rings is 1. The fraction of sp³-hybridized carbons (Fsp3) is 0.400. The third-order valence-electron chi connectivity index (χ3n) is 2.02. The lowest BCUT2D eigenvalue weighted by atomic mass is 10.1. The molecule has 0 radical (unpaired) electrons. The summed E-state index contributed by atoms with van der Waals surface area (Å²) in [5.41, 5.74) is 1.72. The first-order valence-corrected chi connectivity index (χ1v) is 5.89. The molecular formula is C10H12O3S2. The molecule has 0 spiro atoms. The van der Waals surface area contributed by atoms with Gasteiger partial charge in [0.05, 0.1) is 7.11 Å². The number of rotatable bonds is 4. The fourth-order valence-corrected chi connectivity index (χ4v) is 2.31. The zero-order valence-corrected chi connectivity index (χ0v) is 10.3. The van der Waals surface area contributed by atoms with Crippen molar-refractivity contribution in [3.05, 3.63) is 21.4 Å². The standard InChI is InChI=1S/C10H12O3S2/c1-6-5-15-9(10(12)13-2)8(6)3-7(11)4-14/h5,14H,3-4H2,1-2H3. The van der Waals surface area contributed by atoms with Crippen LogP contribution >= 0.6 is 24.0 Å². The molecule has 82 valence electrons. The Morgan fingerprint density at radius 3 is 2.73 bits per heavy atom. The first-order chi connectivity index (χ1) is 7.10. The number of carbonyl (C=O) groups is 2. The summed E-state index contributed by atoms with van der Waals surface area (Å²) < 4.78 is 4.65. The number of thiol groups is 1. The largest absolute Gasteiger partial charge is 0.465 e. The maximum atomic E-state index is 11.4. The van der Waals surface area contributed by atoms with E-state index in [2.05, 4.69) is 17.4 Å². The normalized spacial score (nSPS) is 10.1. The third-order valence-corrected chi connectivity index (χ3v) is 3.50. The molecule has 0 aliphatic rings. The lowest BCUT2D eigenvalue weighted by Gasteiger charge is -2.02. The van der Waals surface area contributed by atoms with Gasteiger partial charge in [-0.05, 0) is 23.4 Å². The van der Waals surface area contributed by atoms with Crippen LogP contribution in [0.15, 0.2) is 5.38 Å². The Morgan fingerprint density at radius 1 is 1.53 bits per heavy atom. The SMILES string of the molecule is COC(=O)c1scc(C)c1CC(=O)CS.